The smallest absolute Gasteiger partial charge is 0.0572 e. The maximum absolute atomic E-state index is 6.12. The number of rotatable bonds is 5. The molecular weight excluding hydrogens is 248 g/mol. The Hall–Kier alpha value is -0.900. The second-order valence-electron chi connectivity index (χ2n) is 6.21. The molecule has 3 nitrogen and oxygen atoms in total. The van der Waals surface area contributed by atoms with Crippen LogP contribution >= 0.6 is 0 Å². The van der Waals surface area contributed by atoms with Crippen molar-refractivity contribution < 1.29 is 4.74 Å². The first-order chi connectivity index (χ1) is 9.59. The number of hydrogen-bond donors (Lipinski definition) is 1. The molecule has 2 rings (SSSR count). The molecule has 20 heavy (non-hydrogen) atoms. The van der Waals surface area contributed by atoms with Crippen molar-refractivity contribution in [1.82, 2.24) is 4.90 Å². The highest BCUT2D eigenvalue weighted by atomic mass is 16.5. The zero-order chi connectivity index (χ0) is 14.6. The summed E-state index contributed by atoms with van der Waals surface area (Å²) in [5, 5.41) is 0. The van der Waals surface area contributed by atoms with Crippen LogP contribution in [0.4, 0.5) is 0 Å². The molecule has 2 N–H and O–H groups in total. The van der Waals surface area contributed by atoms with Gasteiger partial charge < -0.3 is 10.5 Å². The van der Waals surface area contributed by atoms with Gasteiger partial charge in [-0.2, -0.15) is 0 Å². The van der Waals surface area contributed by atoms with Gasteiger partial charge in [-0.05, 0) is 45.2 Å². The van der Waals surface area contributed by atoms with Crippen LogP contribution < -0.4 is 5.73 Å². The van der Waals surface area contributed by atoms with E-state index in [1.54, 1.807) is 0 Å². The Labute approximate surface area is 123 Å². The summed E-state index contributed by atoms with van der Waals surface area (Å²) in [4.78, 5) is 2.45. The minimum Gasteiger partial charge on any atom is -0.381 e. The molecule has 1 aliphatic rings. The van der Waals surface area contributed by atoms with Gasteiger partial charge in [0, 0.05) is 25.7 Å². The van der Waals surface area contributed by atoms with Crippen LogP contribution in [0.5, 0.6) is 0 Å². The van der Waals surface area contributed by atoms with Crippen molar-refractivity contribution in [2.75, 3.05) is 20.7 Å². The van der Waals surface area contributed by atoms with Crippen LogP contribution in [0, 0.1) is 6.92 Å². The van der Waals surface area contributed by atoms with E-state index in [4.69, 9.17) is 10.5 Å². The lowest BCUT2D eigenvalue weighted by Gasteiger charge is -2.45. The Kier molecular flexibility index (Phi) is 5.19. The number of ether oxygens (including phenoxy) is 1. The molecule has 0 amide bonds. The van der Waals surface area contributed by atoms with Gasteiger partial charge in [0.05, 0.1) is 6.10 Å². The number of likely N-dealkylation sites (N-methyl/N-ethyl adjacent to an activating group) is 1. The van der Waals surface area contributed by atoms with Gasteiger partial charge in [0.25, 0.3) is 0 Å². The van der Waals surface area contributed by atoms with Crippen molar-refractivity contribution in [3.05, 3.63) is 35.4 Å². The van der Waals surface area contributed by atoms with Gasteiger partial charge >= 0.3 is 0 Å². The SMILES string of the molecule is COC1CCC(CN)(N(C)Cc2ccc(C)cc2)CC1. The largest absolute Gasteiger partial charge is 0.381 e. The Morgan fingerprint density at radius 2 is 1.85 bits per heavy atom. The van der Waals surface area contributed by atoms with Gasteiger partial charge in [0.15, 0.2) is 0 Å². The van der Waals surface area contributed by atoms with Crippen LogP contribution in [-0.4, -0.2) is 37.2 Å². The molecule has 0 radical (unpaired) electrons. The summed E-state index contributed by atoms with van der Waals surface area (Å²) in [6.45, 7) is 3.82. The average Bonchev–Trinajstić information content (AvgIpc) is 2.49. The van der Waals surface area contributed by atoms with Crippen molar-refractivity contribution in [1.29, 1.82) is 0 Å². The fraction of sp³-hybridized carbons (Fsp3) is 0.647. The Bertz CT molecular complexity index is 408. The van der Waals surface area contributed by atoms with Crippen LogP contribution in [-0.2, 0) is 11.3 Å². The van der Waals surface area contributed by atoms with Gasteiger partial charge in [0.2, 0.25) is 0 Å². The lowest BCUT2D eigenvalue weighted by atomic mass is 9.79. The topological polar surface area (TPSA) is 38.5 Å². The normalized spacial score (nSPS) is 26.9. The van der Waals surface area contributed by atoms with Gasteiger partial charge in [-0.25, -0.2) is 0 Å². The van der Waals surface area contributed by atoms with E-state index >= 15 is 0 Å². The number of nitrogens with zero attached hydrogens (tertiary/aromatic N) is 1. The quantitative estimate of drug-likeness (QED) is 0.898. The van der Waals surface area contributed by atoms with E-state index in [-0.39, 0.29) is 5.54 Å². The number of methoxy groups -OCH3 is 1. The molecule has 0 unspecified atom stereocenters. The van der Waals surface area contributed by atoms with Gasteiger partial charge in [-0.1, -0.05) is 29.8 Å². The molecule has 3 heteroatoms. The molecule has 1 saturated carbocycles. The number of nitrogens with two attached hydrogens (primary N) is 1. The minimum atomic E-state index is 0.139. The molecule has 1 aromatic rings. The predicted octanol–water partition coefficient (Wildman–Crippen LogP) is 2.71. The van der Waals surface area contributed by atoms with Crippen molar-refractivity contribution in [2.45, 2.75) is 50.8 Å². The third-order valence-corrected chi connectivity index (χ3v) is 4.93. The maximum atomic E-state index is 6.12. The molecule has 0 atom stereocenters. The lowest BCUT2D eigenvalue weighted by Crippen LogP contribution is -2.54. The summed E-state index contributed by atoms with van der Waals surface area (Å²) in [5.74, 6) is 0. The highest BCUT2D eigenvalue weighted by molar-refractivity contribution is 5.21. The third-order valence-electron chi connectivity index (χ3n) is 4.93. The Morgan fingerprint density at radius 3 is 2.35 bits per heavy atom. The first-order valence-corrected chi connectivity index (χ1v) is 7.59. The molecule has 0 spiro atoms. The Balaban J connectivity index is 2.02. The van der Waals surface area contributed by atoms with E-state index in [1.807, 2.05) is 7.11 Å². The monoisotopic (exact) mass is 276 g/mol. The summed E-state index contributed by atoms with van der Waals surface area (Å²) >= 11 is 0. The third kappa shape index (κ3) is 3.40. The van der Waals surface area contributed by atoms with Crippen molar-refractivity contribution in [3.63, 3.8) is 0 Å². The molecule has 112 valence electrons. The van der Waals surface area contributed by atoms with Crippen LogP contribution in [0.25, 0.3) is 0 Å². The second-order valence-corrected chi connectivity index (χ2v) is 6.21. The molecule has 0 heterocycles. The molecule has 1 aliphatic carbocycles. The average molecular weight is 276 g/mol. The van der Waals surface area contributed by atoms with Gasteiger partial charge in [-0.15, -0.1) is 0 Å². The zero-order valence-electron chi connectivity index (χ0n) is 13.1. The number of benzene rings is 1. The minimum absolute atomic E-state index is 0.139. The summed E-state index contributed by atoms with van der Waals surface area (Å²) in [6, 6.07) is 8.80. The van der Waals surface area contributed by atoms with Crippen LogP contribution in [0.3, 0.4) is 0 Å². The van der Waals surface area contributed by atoms with Crippen molar-refractivity contribution >= 4 is 0 Å². The molecule has 0 bridgehead atoms. The molecule has 0 saturated heterocycles. The standard InChI is InChI=1S/C17H28N2O/c1-14-4-6-15(7-5-14)12-19(2)17(13-18)10-8-16(20-3)9-11-17/h4-7,16H,8-13,18H2,1-3H3. The molecule has 0 aromatic heterocycles. The van der Waals surface area contributed by atoms with E-state index in [2.05, 4.69) is 43.1 Å². The summed E-state index contributed by atoms with van der Waals surface area (Å²) < 4.78 is 5.48. The molecule has 1 fully saturated rings. The number of aryl methyl sites for hydroxylation is 1. The van der Waals surface area contributed by atoms with Crippen molar-refractivity contribution in [2.24, 2.45) is 5.73 Å². The van der Waals surface area contributed by atoms with E-state index in [9.17, 15) is 0 Å². The first-order valence-electron chi connectivity index (χ1n) is 7.59. The molecule has 0 aliphatic heterocycles. The lowest BCUT2D eigenvalue weighted by molar-refractivity contribution is 0.000502. The Morgan fingerprint density at radius 1 is 1.25 bits per heavy atom. The summed E-state index contributed by atoms with van der Waals surface area (Å²) in [5.41, 5.74) is 8.93. The highest BCUT2D eigenvalue weighted by Crippen LogP contribution is 2.34. The first kappa shape index (κ1) is 15.5. The van der Waals surface area contributed by atoms with E-state index in [0.717, 1.165) is 38.8 Å². The highest BCUT2D eigenvalue weighted by Gasteiger charge is 2.37. The van der Waals surface area contributed by atoms with E-state index in [1.165, 1.54) is 11.1 Å². The zero-order valence-corrected chi connectivity index (χ0v) is 13.1. The second kappa shape index (κ2) is 6.70. The van der Waals surface area contributed by atoms with Crippen LogP contribution in [0.15, 0.2) is 24.3 Å². The summed E-state index contributed by atoms with van der Waals surface area (Å²) in [6.07, 6.45) is 4.91. The maximum Gasteiger partial charge on any atom is 0.0572 e. The van der Waals surface area contributed by atoms with Crippen LogP contribution in [0.1, 0.15) is 36.8 Å². The fourth-order valence-corrected chi connectivity index (χ4v) is 3.24. The fourth-order valence-electron chi connectivity index (χ4n) is 3.24. The number of hydrogen-bond acceptors (Lipinski definition) is 3. The summed E-state index contributed by atoms with van der Waals surface area (Å²) in [7, 11) is 4.02. The molecule has 1 aromatic carbocycles. The molecular formula is C17H28N2O. The van der Waals surface area contributed by atoms with E-state index in [0.29, 0.717) is 6.10 Å². The van der Waals surface area contributed by atoms with E-state index < -0.39 is 0 Å². The van der Waals surface area contributed by atoms with Gasteiger partial charge in [0.1, 0.15) is 0 Å². The van der Waals surface area contributed by atoms with Crippen molar-refractivity contribution in [3.8, 4) is 0 Å². The predicted molar refractivity (Wildman–Crippen MR) is 83.7 cm³/mol. The van der Waals surface area contributed by atoms with Crippen LogP contribution in [0.2, 0.25) is 0 Å². The van der Waals surface area contributed by atoms with Gasteiger partial charge in [-0.3, -0.25) is 4.90 Å².